The highest BCUT2D eigenvalue weighted by Crippen LogP contribution is 2.29. The smallest absolute Gasteiger partial charge is 0.138 e. The Labute approximate surface area is 93.0 Å². The lowest BCUT2D eigenvalue weighted by Crippen LogP contribution is -1.85. The zero-order chi connectivity index (χ0) is 10.8. The van der Waals surface area contributed by atoms with E-state index in [9.17, 15) is 0 Å². The van der Waals surface area contributed by atoms with Crippen molar-refractivity contribution in [3.8, 4) is 17.0 Å². The molecule has 2 aromatic rings. The van der Waals surface area contributed by atoms with Gasteiger partial charge in [0.1, 0.15) is 5.75 Å². The molecule has 0 bridgehead atoms. The van der Waals surface area contributed by atoms with Crippen LogP contribution in [0.1, 0.15) is 5.69 Å². The molecule has 0 saturated carbocycles. The zero-order valence-corrected chi connectivity index (χ0v) is 9.22. The van der Waals surface area contributed by atoms with Crippen molar-refractivity contribution >= 4 is 11.6 Å². The fourth-order valence-electron chi connectivity index (χ4n) is 1.33. The van der Waals surface area contributed by atoms with Gasteiger partial charge in [-0.2, -0.15) is 5.10 Å². The Bertz CT molecular complexity index is 479. The minimum atomic E-state index is 0.595. The van der Waals surface area contributed by atoms with E-state index in [0.29, 0.717) is 10.8 Å². The molecule has 0 aliphatic carbocycles. The van der Waals surface area contributed by atoms with E-state index in [4.69, 9.17) is 16.3 Å². The molecule has 0 spiro atoms. The van der Waals surface area contributed by atoms with E-state index in [2.05, 4.69) is 16.3 Å². The van der Waals surface area contributed by atoms with Gasteiger partial charge in [0.25, 0.3) is 0 Å². The predicted molar refractivity (Wildman–Crippen MR) is 59.2 cm³/mol. The Morgan fingerprint density at radius 1 is 1.47 bits per heavy atom. The summed E-state index contributed by atoms with van der Waals surface area (Å²) in [6.07, 6.45) is 0. The standard InChI is InChI=1S/C11H10ClN2O/c1-7-5-10(14-13-7)8-3-4-9(12)11(6-8)15-2/h3-4,6H,1-2H3,(H,13,14). The number of methoxy groups -OCH3 is 1. The molecule has 0 fully saturated rings. The van der Waals surface area contributed by atoms with Crippen molar-refractivity contribution in [2.75, 3.05) is 7.11 Å². The van der Waals surface area contributed by atoms with E-state index in [1.807, 2.05) is 19.1 Å². The van der Waals surface area contributed by atoms with Crippen LogP contribution in [0.4, 0.5) is 0 Å². The molecular weight excluding hydrogens is 212 g/mol. The van der Waals surface area contributed by atoms with Crippen LogP contribution < -0.4 is 4.74 Å². The third kappa shape index (κ3) is 1.97. The Kier molecular flexibility index (Phi) is 2.64. The number of aromatic amines is 1. The Morgan fingerprint density at radius 3 is 2.87 bits per heavy atom. The summed E-state index contributed by atoms with van der Waals surface area (Å²) in [5.41, 5.74) is 2.62. The van der Waals surface area contributed by atoms with Gasteiger partial charge in [-0.05, 0) is 19.1 Å². The molecule has 15 heavy (non-hydrogen) atoms. The molecule has 0 saturated heterocycles. The molecule has 77 valence electrons. The second-order valence-corrected chi connectivity index (χ2v) is 3.57. The molecular formula is C11H10ClN2O. The van der Waals surface area contributed by atoms with Gasteiger partial charge in [-0.1, -0.05) is 17.7 Å². The molecule has 2 rings (SSSR count). The van der Waals surface area contributed by atoms with Crippen molar-refractivity contribution in [3.05, 3.63) is 35.0 Å². The second kappa shape index (κ2) is 3.95. The minimum absolute atomic E-state index is 0.595. The largest absolute Gasteiger partial charge is 0.495 e. The topological polar surface area (TPSA) is 37.9 Å². The SMILES string of the molecule is COc1cc(-c2[c]c(C)n[nH]2)ccc1Cl. The number of hydrogen-bond acceptors (Lipinski definition) is 2. The van der Waals surface area contributed by atoms with Crippen LogP contribution in [-0.4, -0.2) is 17.3 Å². The van der Waals surface area contributed by atoms with E-state index >= 15 is 0 Å². The highest BCUT2D eigenvalue weighted by Gasteiger charge is 2.05. The first-order valence-corrected chi connectivity index (χ1v) is 4.86. The summed E-state index contributed by atoms with van der Waals surface area (Å²) in [7, 11) is 1.59. The molecule has 0 aliphatic rings. The van der Waals surface area contributed by atoms with E-state index in [-0.39, 0.29) is 0 Å². The third-order valence-electron chi connectivity index (χ3n) is 2.08. The maximum absolute atomic E-state index is 5.93. The van der Waals surface area contributed by atoms with Crippen LogP contribution in [0.3, 0.4) is 0 Å². The van der Waals surface area contributed by atoms with Crippen molar-refractivity contribution in [1.29, 1.82) is 0 Å². The van der Waals surface area contributed by atoms with E-state index in [0.717, 1.165) is 17.0 Å². The van der Waals surface area contributed by atoms with Crippen LogP contribution >= 0.6 is 11.6 Å². The van der Waals surface area contributed by atoms with Crippen LogP contribution in [0.2, 0.25) is 5.02 Å². The molecule has 0 aliphatic heterocycles. The predicted octanol–water partition coefficient (Wildman–Crippen LogP) is 2.85. The molecule has 1 aromatic heterocycles. The van der Waals surface area contributed by atoms with Crippen LogP contribution in [0.5, 0.6) is 5.75 Å². The number of nitrogens with one attached hydrogen (secondary N) is 1. The second-order valence-electron chi connectivity index (χ2n) is 3.16. The Morgan fingerprint density at radius 2 is 2.27 bits per heavy atom. The number of halogens is 1. The normalized spacial score (nSPS) is 10.3. The van der Waals surface area contributed by atoms with Gasteiger partial charge in [-0.3, -0.25) is 5.10 Å². The van der Waals surface area contributed by atoms with Gasteiger partial charge < -0.3 is 4.74 Å². The first kappa shape index (κ1) is 10.1. The van der Waals surface area contributed by atoms with Crippen molar-refractivity contribution in [1.82, 2.24) is 10.2 Å². The number of H-pyrrole nitrogens is 1. The average molecular weight is 222 g/mol. The first-order chi connectivity index (χ1) is 7.20. The van der Waals surface area contributed by atoms with Crippen molar-refractivity contribution in [2.24, 2.45) is 0 Å². The number of aromatic nitrogens is 2. The van der Waals surface area contributed by atoms with Crippen LogP contribution in [0, 0.1) is 13.0 Å². The molecule has 0 unspecified atom stereocenters. The average Bonchev–Trinajstić information content (AvgIpc) is 2.66. The molecule has 4 heteroatoms. The quantitative estimate of drug-likeness (QED) is 0.847. The summed E-state index contributed by atoms with van der Waals surface area (Å²) in [6, 6.07) is 8.64. The molecule has 0 atom stereocenters. The summed E-state index contributed by atoms with van der Waals surface area (Å²) < 4.78 is 5.13. The lowest BCUT2D eigenvalue weighted by atomic mass is 10.1. The maximum Gasteiger partial charge on any atom is 0.138 e. The van der Waals surface area contributed by atoms with E-state index < -0.39 is 0 Å². The minimum Gasteiger partial charge on any atom is -0.495 e. The van der Waals surface area contributed by atoms with Gasteiger partial charge >= 0.3 is 0 Å². The molecule has 0 amide bonds. The van der Waals surface area contributed by atoms with Crippen LogP contribution in [0.25, 0.3) is 11.3 Å². The fourth-order valence-corrected chi connectivity index (χ4v) is 1.52. The molecule has 3 nitrogen and oxygen atoms in total. The van der Waals surface area contributed by atoms with Crippen molar-refractivity contribution in [3.63, 3.8) is 0 Å². The van der Waals surface area contributed by atoms with Gasteiger partial charge in [0.05, 0.1) is 23.5 Å². The summed E-state index contributed by atoms with van der Waals surface area (Å²) in [4.78, 5) is 0. The lowest BCUT2D eigenvalue weighted by Gasteiger charge is -2.04. The number of hydrogen-bond donors (Lipinski definition) is 1. The van der Waals surface area contributed by atoms with E-state index in [1.54, 1.807) is 13.2 Å². The summed E-state index contributed by atoms with van der Waals surface area (Å²) >= 11 is 5.93. The Hall–Kier alpha value is -1.48. The first-order valence-electron chi connectivity index (χ1n) is 4.49. The van der Waals surface area contributed by atoms with Crippen LogP contribution in [-0.2, 0) is 0 Å². The summed E-state index contributed by atoms with van der Waals surface area (Å²) in [5, 5.41) is 7.50. The molecule has 1 radical (unpaired) electrons. The van der Waals surface area contributed by atoms with Gasteiger partial charge in [0.2, 0.25) is 0 Å². The fraction of sp³-hybridized carbons (Fsp3) is 0.182. The third-order valence-corrected chi connectivity index (χ3v) is 2.39. The number of benzene rings is 1. The van der Waals surface area contributed by atoms with E-state index in [1.165, 1.54) is 0 Å². The lowest BCUT2D eigenvalue weighted by molar-refractivity contribution is 0.415. The summed E-state index contributed by atoms with van der Waals surface area (Å²) in [5.74, 6) is 0.648. The van der Waals surface area contributed by atoms with Gasteiger partial charge in [0, 0.05) is 11.6 Å². The number of rotatable bonds is 2. The highest BCUT2D eigenvalue weighted by atomic mass is 35.5. The Balaban J connectivity index is 2.45. The zero-order valence-electron chi connectivity index (χ0n) is 8.47. The van der Waals surface area contributed by atoms with Gasteiger partial charge in [0.15, 0.2) is 0 Å². The monoisotopic (exact) mass is 221 g/mol. The summed E-state index contributed by atoms with van der Waals surface area (Å²) in [6.45, 7) is 1.88. The molecule has 1 aromatic carbocycles. The van der Waals surface area contributed by atoms with Crippen molar-refractivity contribution in [2.45, 2.75) is 6.92 Å². The number of aryl methyl sites for hydroxylation is 1. The van der Waals surface area contributed by atoms with Gasteiger partial charge in [-0.15, -0.1) is 0 Å². The number of ether oxygens (including phenoxy) is 1. The number of nitrogens with zero attached hydrogens (tertiary/aromatic N) is 1. The van der Waals surface area contributed by atoms with Crippen LogP contribution in [0.15, 0.2) is 18.2 Å². The maximum atomic E-state index is 5.93. The van der Waals surface area contributed by atoms with Crippen molar-refractivity contribution < 1.29 is 4.74 Å². The molecule has 1 N–H and O–H groups in total. The molecule has 1 heterocycles. The van der Waals surface area contributed by atoms with Gasteiger partial charge in [-0.25, -0.2) is 0 Å². The highest BCUT2D eigenvalue weighted by molar-refractivity contribution is 6.32.